The zero-order valence-corrected chi connectivity index (χ0v) is 22.9. The van der Waals surface area contributed by atoms with Crippen LogP contribution in [0.1, 0.15) is 24.8 Å². The molecule has 3 N–H and O–H groups in total. The molecule has 212 valence electrons. The van der Waals surface area contributed by atoms with Crippen molar-refractivity contribution in [1.82, 2.24) is 19.6 Å². The number of nitrogens with zero attached hydrogens (tertiary/aromatic N) is 3. The quantitative estimate of drug-likeness (QED) is 0.265. The van der Waals surface area contributed by atoms with Gasteiger partial charge in [0, 0.05) is 38.1 Å². The van der Waals surface area contributed by atoms with Gasteiger partial charge in [-0.05, 0) is 60.2 Å². The van der Waals surface area contributed by atoms with Gasteiger partial charge in [0.05, 0.1) is 11.1 Å². The van der Waals surface area contributed by atoms with E-state index in [1.165, 1.54) is 16.4 Å². The minimum atomic E-state index is -3.82. The molecule has 1 saturated heterocycles. The summed E-state index contributed by atoms with van der Waals surface area (Å²) in [5, 5.41) is 16.4. The third-order valence-corrected chi connectivity index (χ3v) is 8.74. The molecule has 0 bridgehead atoms. The first-order chi connectivity index (χ1) is 19.8. The topological polar surface area (TPSA) is 151 Å². The Kier molecular flexibility index (Phi) is 8.41. The molecule has 0 aliphatic carbocycles. The Labute approximate surface area is 237 Å². The second-order valence-electron chi connectivity index (χ2n) is 9.61. The fourth-order valence-electron chi connectivity index (χ4n) is 4.66. The van der Waals surface area contributed by atoms with Gasteiger partial charge in [0.1, 0.15) is 16.7 Å². The van der Waals surface area contributed by atoms with Crippen LogP contribution in [0.4, 0.5) is 10.5 Å². The number of hydrogen-bond donors (Lipinski definition) is 3. The molecule has 11 nitrogen and oxygen atoms in total. The monoisotopic (exact) mass is 575 g/mol. The Morgan fingerprint density at radius 3 is 2.46 bits per heavy atom. The van der Waals surface area contributed by atoms with Gasteiger partial charge >= 0.3 is 12.0 Å². The van der Waals surface area contributed by atoms with Crippen molar-refractivity contribution in [2.24, 2.45) is 0 Å². The first-order valence-corrected chi connectivity index (χ1v) is 14.6. The molecular weight excluding hydrogens is 546 g/mol. The highest BCUT2D eigenvalue weighted by molar-refractivity contribution is 7.89. The normalized spacial score (nSPS) is 14.7. The van der Waals surface area contributed by atoms with Crippen LogP contribution in [0.3, 0.4) is 0 Å². The second kappa shape index (κ2) is 12.3. The van der Waals surface area contributed by atoms with Gasteiger partial charge in [0.25, 0.3) is 0 Å². The van der Waals surface area contributed by atoms with Gasteiger partial charge in [0.15, 0.2) is 0 Å². The maximum atomic E-state index is 13.2. The summed E-state index contributed by atoms with van der Waals surface area (Å²) in [5.41, 5.74) is 0.726. The molecule has 1 fully saturated rings. The molecule has 1 aliphatic rings. The lowest BCUT2D eigenvalue weighted by atomic mass is 10.1. The van der Waals surface area contributed by atoms with Crippen molar-refractivity contribution < 1.29 is 27.9 Å². The van der Waals surface area contributed by atoms with E-state index in [0.717, 1.165) is 30.0 Å². The SMILES string of the molecule is O=C(Nc1ccccc1S(=O)(=O)N1CCCCC1)N[C@@H](Cc1ccc(Oc2nccc3ccncc23)cc1)C(=O)O. The Balaban J connectivity index is 1.24. The molecule has 0 spiro atoms. The van der Waals surface area contributed by atoms with Gasteiger partial charge in [-0.2, -0.15) is 4.31 Å². The number of para-hydroxylation sites is 1. The number of rotatable bonds is 9. The minimum absolute atomic E-state index is 0.00675. The average Bonchev–Trinajstić information content (AvgIpc) is 2.98. The number of urea groups is 1. The van der Waals surface area contributed by atoms with Crippen LogP contribution in [0, 0.1) is 0 Å². The van der Waals surface area contributed by atoms with Gasteiger partial charge in [0.2, 0.25) is 15.9 Å². The van der Waals surface area contributed by atoms with Gasteiger partial charge in [-0.15, -0.1) is 0 Å². The summed E-state index contributed by atoms with van der Waals surface area (Å²) in [7, 11) is -3.82. The van der Waals surface area contributed by atoms with E-state index in [-0.39, 0.29) is 17.0 Å². The van der Waals surface area contributed by atoms with E-state index >= 15 is 0 Å². The number of aliphatic carboxylic acids is 1. The van der Waals surface area contributed by atoms with Crippen LogP contribution in [0.25, 0.3) is 10.8 Å². The largest absolute Gasteiger partial charge is 0.480 e. The van der Waals surface area contributed by atoms with E-state index in [0.29, 0.717) is 30.3 Å². The molecule has 41 heavy (non-hydrogen) atoms. The lowest BCUT2D eigenvalue weighted by Crippen LogP contribution is -2.44. The number of fused-ring (bicyclic) bond motifs is 1. The molecule has 2 amide bonds. The first kappa shape index (κ1) is 28.0. The Hall–Kier alpha value is -4.55. The molecule has 3 heterocycles. The minimum Gasteiger partial charge on any atom is -0.480 e. The number of nitrogens with one attached hydrogen (secondary N) is 2. The van der Waals surface area contributed by atoms with Crippen molar-refractivity contribution in [1.29, 1.82) is 0 Å². The van der Waals surface area contributed by atoms with Crippen LogP contribution in [0.15, 0.2) is 84.1 Å². The number of hydrogen-bond acceptors (Lipinski definition) is 7. The average molecular weight is 576 g/mol. The zero-order chi connectivity index (χ0) is 28.8. The van der Waals surface area contributed by atoms with Crippen LogP contribution in [0.5, 0.6) is 11.6 Å². The molecule has 2 aromatic heterocycles. The highest BCUT2D eigenvalue weighted by atomic mass is 32.2. The van der Waals surface area contributed by atoms with Gasteiger partial charge in [-0.25, -0.2) is 23.0 Å². The molecule has 12 heteroatoms. The number of carboxylic acid groups (broad SMARTS) is 1. The number of benzene rings is 2. The molecule has 0 radical (unpaired) electrons. The number of anilines is 1. The summed E-state index contributed by atoms with van der Waals surface area (Å²) in [5.74, 6) is -0.337. The second-order valence-corrected chi connectivity index (χ2v) is 11.5. The highest BCUT2D eigenvalue weighted by Crippen LogP contribution is 2.28. The maximum Gasteiger partial charge on any atom is 0.326 e. The van der Waals surface area contributed by atoms with E-state index in [4.69, 9.17) is 4.74 Å². The predicted octanol–water partition coefficient (Wildman–Crippen LogP) is 4.41. The zero-order valence-electron chi connectivity index (χ0n) is 22.1. The first-order valence-electron chi connectivity index (χ1n) is 13.2. The number of carbonyl (C=O) groups excluding carboxylic acids is 1. The molecule has 2 aromatic carbocycles. The number of pyridine rings is 2. The summed E-state index contributed by atoms with van der Waals surface area (Å²) in [4.78, 5) is 33.1. The van der Waals surface area contributed by atoms with Gasteiger partial charge < -0.3 is 20.5 Å². The smallest absolute Gasteiger partial charge is 0.326 e. The standard InChI is InChI=1S/C29H29N5O6S/c35-28(36)25(18-20-8-10-22(11-9-20)40-27-23-19-30-14-12-21(23)13-15-31-27)33-29(37)32-24-6-2-3-7-26(24)41(38,39)34-16-4-1-5-17-34/h2-3,6-15,19,25H,1,4-5,16-18H2,(H,35,36)(H2,32,33,37)/t25-/m0/s1. The van der Waals surface area contributed by atoms with Crippen LogP contribution in [0.2, 0.25) is 0 Å². The van der Waals surface area contributed by atoms with E-state index in [2.05, 4.69) is 20.6 Å². The molecule has 4 aromatic rings. The lowest BCUT2D eigenvalue weighted by molar-refractivity contribution is -0.139. The Bertz CT molecular complexity index is 1650. The highest BCUT2D eigenvalue weighted by Gasteiger charge is 2.29. The molecule has 1 aliphatic heterocycles. The van der Waals surface area contributed by atoms with Crippen molar-refractivity contribution in [3.8, 4) is 11.6 Å². The maximum absolute atomic E-state index is 13.2. The number of carbonyl (C=O) groups is 2. The van der Waals surface area contributed by atoms with Crippen LogP contribution >= 0.6 is 0 Å². The summed E-state index contributed by atoms with van der Waals surface area (Å²) < 4.78 is 33.7. The fourth-order valence-corrected chi connectivity index (χ4v) is 6.33. The summed E-state index contributed by atoms with van der Waals surface area (Å²) in [6.45, 7) is 0.840. The van der Waals surface area contributed by atoms with E-state index < -0.39 is 28.1 Å². The molecule has 5 rings (SSSR count). The number of piperidine rings is 1. The van der Waals surface area contributed by atoms with Crippen molar-refractivity contribution in [2.75, 3.05) is 18.4 Å². The fraction of sp³-hybridized carbons (Fsp3) is 0.241. The number of aromatic nitrogens is 2. The summed E-state index contributed by atoms with van der Waals surface area (Å²) in [6.07, 6.45) is 7.52. The third kappa shape index (κ3) is 6.61. The Morgan fingerprint density at radius 2 is 1.71 bits per heavy atom. The molecule has 0 saturated carbocycles. The predicted molar refractivity (Wildman–Crippen MR) is 152 cm³/mol. The number of ether oxygens (including phenoxy) is 1. The lowest BCUT2D eigenvalue weighted by Gasteiger charge is -2.27. The van der Waals surface area contributed by atoms with E-state index in [1.54, 1.807) is 55.0 Å². The molecule has 1 atom stereocenters. The van der Waals surface area contributed by atoms with Crippen LogP contribution in [-0.4, -0.2) is 58.9 Å². The summed E-state index contributed by atoms with van der Waals surface area (Å²) >= 11 is 0. The van der Waals surface area contributed by atoms with Crippen molar-refractivity contribution >= 4 is 38.5 Å². The third-order valence-electron chi connectivity index (χ3n) is 6.78. The number of amides is 2. The van der Waals surface area contributed by atoms with Crippen molar-refractivity contribution in [3.63, 3.8) is 0 Å². The van der Waals surface area contributed by atoms with Gasteiger partial charge in [-0.3, -0.25) is 4.98 Å². The van der Waals surface area contributed by atoms with Crippen molar-refractivity contribution in [2.45, 2.75) is 36.6 Å². The summed E-state index contributed by atoms with van der Waals surface area (Å²) in [6, 6.07) is 14.5. The molecular formula is C29H29N5O6S. The number of sulfonamides is 1. The molecule has 0 unspecified atom stereocenters. The van der Waals surface area contributed by atoms with Crippen LogP contribution < -0.4 is 15.4 Å². The van der Waals surface area contributed by atoms with Crippen LogP contribution in [-0.2, 0) is 21.2 Å². The van der Waals surface area contributed by atoms with E-state index in [9.17, 15) is 23.1 Å². The van der Waals surface area contributed by atoms with Gasteiger partial charge in [-0.1, -0.05) is 30.7 Å². The van der Waals surface area contributed by atoms with Crippen molar-refractivity contribution in [3.05, 3.63) is 84.8 Å². The van der Waals surface area contributed by atoms with E-state index in [1.807, 2.05) is 12.1 Å². The number of carboxylic acids is 1. The Morgan fingerprint density at radius 1 is 0.976 bits per heavy atom.